The summed E-state index contributed by atoms with van der Waals surface area (Å²) in [5, 5.41) is 18.3. The van der Waals surface area contributed by atoms with Gasteiger partial charge in [0.05, 0.1) is 10.6 Å². The van der Waals surface area contributed by atoms with Gasteiger partial charge >= 0.3 is 13.3 Å². The smallest absolute Gasteiger partial charge is 0.456 e. The van der Waals surface area contributed by atoms with E-state index < -0.39 is 18.9 Å². The van der Waals surface area contributed by atoms with Crippen LogP contribution in [0.1, 0.15) is 11.1 Å². The molecule has 0 spiro atoms. The molecule has 3 nitrogen and oxygen atoms in total. The van der Waals surface area contributed by atoms with Crippen LogP contribution < -0.4 is 10.2 Å². The molecular formula is C14H11BClF3O3. The number of hydrogen-bond donors (Lipinski definition) is 2. The monoisotopic (exact) mass is 330 g/mol. The predicted octanol–water partition coefficient (Wildman–Crippen LogP) is 3.14. The maximum Gasteiger partial charge on any atom is 0.488 e. The molecule has 0 atom stereocenters. The Morgan fingerprint density at radius 3 is 2.32 bits per heavy atom. The third kappa shape index (κ3) is 3.74. The Labute approximate surface area is 130 Å². The molecule has 0 fully saturated rings. The summed E-state index contributed by atoms with van der Waals surface area (Å²) in [6, 6.07) is 7.09. The van der Waals surface area contributed by atoms with E-state index >= 15 is 0 Å². The summed E-state index contributed by atoms with van der Waals surface area (Å²) < 4.78 is 43.4. The summed E-state index contributed by atoms with van der Waals surface area (Å²) in [5.74, 6) is 0.108. The molecule has 0 saturated heterocycles. The fourth-order valence-electron chi connectivity index (χ4n) is 1.89. The van der Waals surface area contributed by atoms with Crippen LogP contribution >= 0.6 is 11.6 Å². The second-order valence-electron chi connectivity index (χ2n) is 4.64. The Hall–Kier alpha value is -1.70. The van der Waals surface area contributed by atoms with E-state index in [-0.39, 0.29) is 22.0 Å². The molecule has 0 aliphatic rings. The van der Waals surface area contributed by atoms with Crippen LogP contribution in [0.3, 0.4) is 0 Å². The predicted molar refractivity (Wildman–Crippen MR) is 77.5 cm³/mol. The molecule has 116 valence electrons. The normalized spacial score (nSPS) is 11.4. The van der Waals surface area contributed by atoms with E-state index in [1.165, 1.54) is 18.2 Å². The number of benzene rings is 2. The number of hydrogen-bond acceptors (Lipinski definition) is 3. The van der Waals surface area contributed by atoms with Gasteiger partial charge in [-0.15, -0.1) is 0 Å². The molecule has 0 heterocycles. The van der Waals surface area contributed by atoms with Gasteiger partial charge in [0.1, 0.15) is 11.5 Å². The van der Waals surface area contributed by atoms with E-state index in [4.69, 9.17) is 26.4 Å². The number of rotatable bonds is 3. The summed E-state index contributed by atoms with van der Waals surface area (Å²) >= 11 is 5.85. The molecular weight excluding hydrogens is 319 g/mol. The number of ether oxygens (including phenoxy) is 1. The molecule has 2 aromatic carbocycles. The van der Waals surface area contributed by atoms with E-state index in [0.29, 0.717) is 5.56 Å². The highest BCUT2D eigenvalue weighted by Crippen LogP contribution is 2.36. The molecule has 0 radical (unpaired) electrons. The highest BCUT2D eigenvalue weighted by molar-refractivity contribution is 6.59. The van der Waals surface area contributed by atoms with E-state index in [0.717, 1.165) is 18.2 Å². The summed E-state index contributed by atoms with van der Waals surface area (Å²) in [6.45, 7) is 1.62. The third-order valence-electron chi connectivity index (χ3n) is 3.01. The second-order valence-corrected chi connectivity index (χ2v) is 5.04. The second kappa shape index (κ2) is 6.20. The Kier molecular flexibility index (Phi) is 4.70. The lowest BCUT2D eigenvalue weighted by molar-refractivity contribution is -0.137. The Morgan fingerprint density at radius 2 is 1.77 bits per heavy atom. The lowest BCUT2D eigenvalue weighted by Gasteiger charge is -2.13. The standard InChI is InChI=1S/C14H11BClF3O3/c1-8-6-10(3-4-11(8)15(20)21)22-13-7-9(14(17,18)19)2-5-12(13)16/h2-7,20-21H,1H3. The minimum absolute atomic E-state index is 0.0388. The maximum absolute atomic E-state index is 12.7. The fourth-order valence-corrected chi connectivity index (χ4v) is 2.04. The van der Waals surface area contributed by atoms with Gasteiger partial charge in [0.2, 0.25) is 0 Å². The maximum atomic E-state index is 12.7. The van der Waals surface area contributed by atoms with Gasteiger partial charge in [0.25, 0.3) is 0 Å². The van der Waals surface area contributed by atoms with Crippen LogP contribution in [0.25, 0.3) is 0 Å². The molecule has 0 saturated carbocycles. The van der Waals surface area contributed by atoms with E-state index in [2.05, 4.69) is 0 Å². The average Bonchev–Trinajstić information content (AvgIpc) is 2.39. The largest absolute Gasteiger partial charge is 0.488 e. The van der Waals surface area contributed by atoms with Gasteiger partial charge in [-0.25, -0.2) is 0 Å². The molecule has 0 amide bonds. The van der Waals surface area contributed by atoms with Crippen LogP contribution in [0.2, 0.25) is 5.02 Å². The van der Waals surface area contributed by atoms with Gasteiger partial charge in [-0.1, -0.05) is 17.7 Å². The van der Waals surface area contributed by atoms with Crippen molar-refractivity contribution < 1.29 is 28.0 Å². The first-order valence-electron chi connectivity index (χ1n) is 6.20. The van der Waals surface area contributed by atoms with Crippen LogP contribution in [-0.2, 0) is 6.18 Å². The molecule has 2 aromatic rings. The van der Waals surface area contributed by atoms with Gasteiger partial charge in [-0.2, -0.15) is 13.2 Å². The quantitative estimate of drug-likeness (QED) is 0.850. The molecule has 0 aromatic heterocycles. The van der Waals surface area contributed by atoms with Gasteiger partial charge in [0, 0.05) is 0 Å². The van der Waals surface area contributed by atoms with Gasteiger partial charge in [-0.3, -0.25) is 0 Å². The minimum Gasteiger partial charge on any atom is -0.456 e. The molecule has 0 bridgehead atoms. The highest BCUT2D eigenvalue weighted by Gasteiger charge is 2.31. The highest BCUT2D eigenvalue weighted by atomic mass is 35.5. The number of halogens is 4. The fraction of sp³-hybridized carbons (Fsp3) is 0.143. The van der Waals surface area contributed by atoms with Crippen LogP contribution in [0.15, 0.2) is 36.4 Å². The van der Waals surface area contributed by atoms with Crippen molar-refractivity contribution in [3.05, 3.63) is 52.5 Å². The van der Waals surface area contributed by atoms with Crippen LogP contribution in [0.4, 0.5) is 13.2 Å². The zero-order chi connectivity index (χ0) is 16.5. The van der Waals surface area contributed by atoms with Crippen LogP contribution in [0, 0.1) is 6.92 Å². The van der Waals surface area contributed by atoms with Crippen molar-refractivity contribution >= 4 is 24.2 Å². The van der Waals surface area contributed by atoms with E-state index in [1.807, 2.05) is 0 Å². The molecule has 22 heavy (non-hydrogen) atoms. The van der Waals surface area contributed by atoms with Crippen LogP contribution in [-0.4, -0.2) is 17.2 Å². The molecule has 0 aliphatic heterocycles. The lowest BCUT2D eigenvalue weighted by Crippen LogP contribution is -2.31. The lowest BCUT2D eigenvalue weighted by atomic mass is 9.77. The third-order valence-corrected chi connectivity index (χ3v) is 3.32. The average molecular weight is 330 g/mol. The zero-order valence-corrected chi connectivity index (χ0v) is 12.1. The molecule has 0 aliphatic carbocycles. The summed E-state index contributed by atoms with van der Waals surface area (Å²) in [7, 11) is -1.63. The molecule has 0 unspecified atom stereocenters. The first kappa shape index (κ1) is 16.7. The molecule has 8 heteroatoms. The van der Waals surface area contributed by atoms with Gasteiger partial charge in [0.15, 0.2) is 0 Å². The summed E-state index contributed by atoms with van der Waals surface area (Å²) in [4.78, 5) is 0. The Balaban J connectivity index is 2.33. The first-order valence-corrected chi connectivity index (χ1v) is 6.57. The van der Waals surface area contributed by atoms with Crippen molar-refractivity contribution in [2.45, 2.75) is 13.1 Å². The van der Waals surface area contributed by atoms with Gasteiger partial charge < -0.3 is 14.8 Å². The van der Waals surface area contributed by atoms with Crippen molar-refractivity contribution in [1.29, 1.82) is 0 Å². The van der Waals surface area contributed by atoms with Crippen molar-refractivity contribution in [3.8, 4) is 11.5 Å². The molecule has 2 rings (SSSR count). The summed E-state index contributed by atoms with van der Waals surface area (Å²) in [6.07, 6.45) is -4.50. The van der Waals surface area contributed by atoms with Crippen LogP contribution in [0.5, 0.6) is 11.5 Å². The zero-order valence-electron chi connectivity index (χ0n) is 11.4. The Bertz CT molecular complexity index is 690. The van der Waals surface area contributed by atoms with Crippen molar-refractivity contribution in [2.24, 2.45) is 0 Å². The van der Waals surface area contributed by atoms with Crippen molar-refractivity contribution in [2.75, 3.05) is 0 Å². The van der Waals surface area contributed by atoms with Gasteiger partial charge in [-0.05, 0) is 48.3 Å². The molecule has 2 N–H and O–H groups in total. The van der Waals surface area contributed by atoms with E-state index in [9.17, 15) is 13.2 Å². The van der Waals surface area contributed by atoms with Crippen molar-refractivity contribution in [3.63, 3.8) is 0 Å². The van der Waals surface area contributed by atoms with Crippen molar-refractivity contribution in [1.82, 2.24) is 0 Å². The summed E-state index contributed by atoms with van der Waals surface area (Å²) in [5.41, 5.74) is -0.0656. The SMILES string of the molecule is Cc1cc(Oc2cc(C(F)(F)F)ccc2Cl)ccc1B(O)O. The number of alkyl halides is 3. The minimum atomic E-state index is -4.50. The van der Waals surface area contributed by atoms with E-state index in [1.54, 1.807) is 6.92 Å². The Morgan fingerprint density at radius 1 is 1.09 bits per heavy atom. The number of aryl methyl sites for hydroxylation is 1. The topological polar surface area (TPSA) is 49.7 Å². The first-order chi connectivity index (χ1) is 10.2.